The van der Waals surface area contributed by atoms with Gasteiger partial charge in [0.2, 0.25) is 5.91 Å². The highest BCUT2D eigenvalue weighted by atomic mass is 16.1. The smallest absolute Gasteiger partial charge is 0.220 e. The van der Waals surface area contributed by atoms with Crippen molar-refractivity contribution in [1.82, 2.24) is 20.3 Å². The third kappa shape index (κ3) is 4.14. The van der Waals surface area contributed by atoms with Crippen LogP contribution >= 0.6 is 0 Å². The van der Waals surface area contributed by atoms with E-state index in [0.29, 0.717) is 25.2 Å². The Balaban J connectivity index is 1.19. The molecular formula is C20H25N7O. The number of carbonyl (C=O) groups is 1. The second-order valence-electron chi connectivity index (χ2n) is 7.56. The Labute approximate surface area is 164 Å². The third-order valence-corrected chi connectivity index (χ3v) is 5.64. The number of rotatable bonds is 8. The molecule has 2 aliphatic rings. The predicted octanol–water partition coefficient (Wildman–Crippen LogP) is 2.65. The summed E-state index contributed by atoms with van der Waals surface area (Å²) in [5.41, 5.74) is 0.490. The number of anilines is 1. The molecule has 0 atom stereocenters. The number of H-pyrrole nitrogens is 1. The molecule has 4 rings (SSSR count). The van der Waals surface area contributed by atoms with Gasteiger partial charge >= 0.3 is 0 Å². The zero-order valence-corrected chi connectivity index (χ0v) is 15.9. The number of nitrogens with zero attached hydrogens (tertiary/aromatic N) is 5. The van der Waals surface area contributed by atoms with Crippen LogP contribution in [0.4, 0.5) is 5.82 Å². The van der Waals surface area contributed by atoms with Crippen molar-refractivity contribution in [2.45, 2.75) is 44.2 Å². The fourth-order valence-electron chi connectivity index (χ4n) is 3.79. The van der Waals surface area contributed by atoms with E-state index in [1.165, 1.54) is 0 Å². The van der Waals surface area contributed by atoms with E-state index in [1.54, 1.807) is 6.33 Å². The molecule has 0 unspecified atom stereocenters. The standard InChI is InChI=1S/C20H25N7O/c1-2-3-8-20(25-26-20)9-4-17(28)22-13-15-6-11-27(12-7-15)19-16-5-10-21-18(16)23-14-24-19/h1,5,10,14-15H,3-4,6-9,11-13H2,(H,22,28)(H,21,23,24). The summed E-state index contributed by atoms with van der Waals surface area (Å²) in [5.74, 6) is 4.17. The average Bonchev–Trinajstić information content (AvgIpc) is 3.34. The number of amides is 1. The summed E-state index contributed by atoms with van der Waals surface area (Å²) in [4.78, 5) is 26.3. The number of terminal acetylenes is 1. The van der Waals surface area contributed by atoms with Crippen LogP contribution in [0.3, 0.4) is 0 Å². The molecule has 28 heavy (non-hydrogen) atoms. The minimum absolute atomic E-state index is 0.0737. The maximum absolute atomic E-state index is 12.2. The van der Waals surface area contributed by atoms with Gasteiger partial charge < -0.3 is 15.2 Å². The first-order valence-electron chi connectivity index (χ1n) is 9.86. The van der Waals surface area contributed by atoms with Crippen molar-refractivity contribution in [3.05, 3.63) is 18.6 Å². The number of aromatic nitrogens is 3. The van der Waals surface area contributed by atoms with Crippen LogP contribution in [0.25, 0.3) is 11.0 Å². The van der Waals surface area contributed by atoms with Crippen molar-refractivity contribution in [1.29, 1.82) is 0 Å². The molecule has 8 nitrogen and oxygen atoms in total. The highest BCUT2D eigenvalue weighted by molar-refractivity contribution is 5.87. The fraction of sp³-hybridized carbons (Fsp3) is 0.550. The molecule has 0 saturated carbocycles. The molecule has 2 aliphatic heterocycles. The lowest BCUT2D eigenvalue weighted by atomic mass is 9.96. The van der Waals surface area contributed by atoms with E-state index < -0.39 is 0 Å². The van der Waals surface area contributed by atoms with Gasteiger partial charge in [0.05, 0.1) is 5.39 Å². The Morgan fingerprint density at radius 2 is 2.14 bits per heavy atom. The molecule has 1 amide bonds. The van der Waals surface area contributed by atoms with Gasteiger partial charge in [0.1, 0.15) is 17.8 Å². The number of nitrogens with one attached hydrogen (secondary N) is 2. The van der Waals surface area contributed by atoms with Crippen LogP contribution in [0.2, 0.25) is 0 Å². The molecular weight excluding hydrogens is 354 g/mol. The minimum Gasteiger partial charge on any atom is -0.356 e. The quantitative estimate of drug-likeness (QED) is 0.689. The van der Waals surface area contributed by atoms with Gasteiger partial charge in [-0.1, -0.05) is 0 Å². The number of hydrogen-bond donors (Lipinski definition) is 2. The summed E-state index contributed by atoms with van der Waals surface area (Å²) in [6, 6.07) is 2.02. The van der Waals surface area contributed by atoms with Crippen LogP contribution in [0.15, 0.2) is 28.8 Å². The van der Waals surface area contributed by atoms with Crippen LogP contribution in [0.1, 0.15) is 38.5 Å². The first kappa shape index (κ1) is 18.4. The molecule has 2 aromatic heterocycles. The summed E-state index contributed by atoms with van der Waals surface area (Å²) in [6.45, 7) is 2.59. The van der Waals surface area contributed by atoms with E-state index in [9.17, 15) is 4.79 Å². The first-order valence-corrected chi connectivity index (χ1v) is 9.86. The van der Waals surface area contributed by atoms with Gasteiger partial charge in [-0.25, -0.2) is 9.97 Å². The normalized spacial score (nSPS) is 18.2. The van der Waals surface area contributed by atoms with Crippen LogP contribution in [0.5, 0.6) is 0 Å². The van der Waals surface area contributed by atoms with E-state index in [0.717, 1.165) is 55.7 Å². The number of piperidine rings is 1. The molecule has 4 heterocycles. The van der Waals surface area contributed by atoms with Gasteiger partial charge in [0.25, 0.3) is 0 Å². The van der Waals surface area contributed by atoms with Crippen molar-refractivity contribution in [3.8, 4) is 12.3 Å². The van der Waals surface area contributed by atoms with Gasteiger partial charge in [0.15, 0.2) is 5.66 Å². The van der Waals surface area contributed by atoms with Crippen LogP contribution in [0, 0.1) is 18.3 Å². The SMILES string of the molecule is C#CCCC1(CCC(=O)NCC2CCN(c3ncnc4[nH]ccc34)CC2)N=N1. The Bertz CT molecular complexity index is 899. The van der Waals surface area contributed by atoms with Crippen molar-refractivity contribution in [2.24, 2.45) is 16.1 Å². The van der Waals surface area contributed by atoms with E-state index in [-0.39, 0.29) is 11.6 Å². The number of carbonyl (C=O) groups excluding carboxylic acids is 1. The zero-order valence-electron chi connectivity index (χ0n) is 15.9. The number of fused-ring (bicyclic) bond motifs is 1. The van der Waals surface area contributed by atoms with Crippen molar-refractivity contribution in [2.75, 3.05) is 24.5 Å². The maximum atomic E-state index is 12.2. The lowest BCUT2D eigenvalue weighted by Crippen LogP contribution is -2.39. The molecule has 1 saturated heterocycles. The second-order valence-corrected chi connectivity index (χ2v) is 7.56. The van der Waals surface area contributed by atoms with Crippen molar-refractivity contribution < 1.29 is 4.79 Å². The van der Waals surface area contributed by atoms with Crippen LogP contribution < -0.4 is 10.2 Å². The summed E-state index contributed by atoms with van der Waals surface area (Å²) in [7, 11) is 0. The number of hydrogen-bond acceptors (Lipinski definition) is 6. The van der Waals surface area contributed by atoms with E-state index >= 15 is 0 Å². The highest BCUT2D eigenvalue weighted by Crippen LogP contribution is 2.37. The lowest BCUT2D eigenvalue weighted by molar-refractivity contribution is -0.121. The average molecular weight is 379 g/mol. The molecule has 1 fully saturated rings. The minimum atomic E-state index is -0.379. The monoisotopic (exact) mass is 379 g/mol. The van der Waals surface area contributed by atoms with Gasteiger partial charge in [0, 0.05) is 51.5 Å². The fourth-order valence-corrected chi connectivity index (χ4v) is 3.79. The van der Waals surface area contributed by atoms with Gasteiger partial charge in [-0.05, 0) is 24.8 Å². The zero-order chi connectivity index (χ0) is 19.4. The van der Waals surface area contributed by atoms with E-state index in [4.69, 9.17) is 6.42 Å². The molecule has 0 bridgehead atoms. The molecule has 0 aliphatic carbocycles. The summed E-state index contributed by atoms with van der Waals surface area (Å²) < 4.78 is 0. The summed E-state index contributed by atoms with van der Waals surface area (Å²) in [5, 5.41) is 12.3. The van der Waals surface area contributed by atoms with Gasteiger partial charge in [-0.15, -0.1) is 12.3 Å². The van der Waals surface area contributed by atoms with E-state index in [2.05, 4.69) is 41.3 Å². The molecule has 0 spiro atoms. The Morgan fingerprint density at radius 3 is 2.89 bits per heavy atom. The first-order chi connectivity index (χ1) is 13.7. The molecule has 2 aromatic rings. The molecule has 2 N–H and O–H groups in total. The van der Waals surface area contributed by atoms with Crippen molar-refractivity contribution >= 4 is 22.8 Å². The van der Waals surface area contributed by atoms with Crippen LogP contribution in [-0.2, 0) is 4.79 Å². The van der Waals surface area contributed by atoms with Gasteiger partial charge in [-0.2, -0.15) is 10.2 Å². The Kier molecular flexibility index (Phi) is 5.24. The summed E-state index contributed by atoms with van der Waals surface area (Å²) >= 11 is 0. The second kappa shape index (κ2) is 7.97. The Hall–Kier alpha value is -2.95. The highest BCUT2D eigenvalue weighted by Gasteiger charge is 2.39. The van der Waals surface area contributed by atoms with Gasteiger partial charge in [-0.3, -0.25) is 4.79 Å². The Morgan fingerprint density at radius 1 is 1.32 bits per heavy atom. The van der Waals surface area contributed by atoms with E-state index in [1.807, 2.05) is 12.3 Å². The number of aromatic amines is 1. The third-order valence-electron chi connectivity index (χ3n) is 5.64. The molecule has 8 heteroatoms. The molecule has 0 radical (unpaired) electrons. The predicted molar refractivity (Wildman–Crippen MR) is 107 cm³/mol. The van der Waals surface area contributed by atoms with Crippen molar-refractivity contribution in [3.63, 3.8) is 0 Å². The molecule has 0 aromatic carbocycles. The lowest BCUT2D eigenvalue weighted by Gasteiger charge is -2.33. The van der Waals surface area contributed by atoms with Crippen LogP contribution in [-0.4, -0.2) is 46.2 Å². The largest absolute Gasteiger partial charge is 0.356 e. The maximum Gasteiger partial charge on any atom is 0.220 e. The molecule has 146 valence electrons. The summed E-state index contributed by atoms with van der Waals surface area (Å²) in [6.07, 6.45) is 13.4. The topological polar surface area (TPSA) is 98.6 Å².